The van der Waals surface area contributed by atoms with Crippen LogP contribution >= 0.6 is 0 Å². The Balaban J connectivity index is 2.80. The standard InChI is InChI=1S/C15H19NO2/c1-3-9-16-15(18)14-8-7-13(12(2)11-14)6-4-5-10-17/h7-8,11,17H,3,5,9-10H2,1-2H3,(H,16,18). The number of carbonyl (C=O) groups is 1. The largest absolute Gasteiger partial charge is 0.395 e. The van der Waals surface area contributed by atoms with Gasteiger partial charge in [-0.3, -0.25) is 4.79 Å². The van der Waals surface area contributed by atoms with E-state index in [4.69, 9.17) is 5.11 Å². The fraction of sp³-hybridized carbons (Fsp3) is 0.400. The van der Waals surface area contributed by atoms with Crippen molar-refractivity contribution in [1.82, 2.24) is 5.32 Å². The Labute approximate surface area is 108 Å². The van der Waals surface area contributed by atoms with Crippen molar-refractivity contribution < 1.29 is 9.90 Å². The molecule has 0 aliphatic heterocycles. The van der Waals surface area contributed by atoms with Crippen LogP contribution in [0.5, 0.6) is 0 Å². The first-order valence-corrected chi connectivity index (χ1v) is 6.17. The summed E-state index contributed by atoms with van der Waals surface area (Å²) in [6.45, 7) is 4.71. The zero-order valence-corrected chi connectivity index (χ0v) is 10.9. The van der Waals surface area contributed by atoms with Gasteiger partial charge in [0, 0.05) is 24.1 Å². The highest BCUT2D eigenvalue weighted by Crippen LogP contribution is 2.10. The zero-order valence-electron chi connectivity index (χ0n) is 10.9. The minimum Gasteiger partial charge on any atom is -0.395 e. The van der Waals surface area contributed by atoms with Gasteiger partial charge in [0.05, 0.1) is 6.61 Å². The van der Waals surface area contributed by atoms with Crippen molar-refractivity contribution in [3.8, 4) is 11.8 Å². The van der Waals surface area contributed by atoms with Crippen molar-refractivity contribution >= 4 is 5.91 Å². The third kappa shape index (κ3) is 4.23. The third-order valence-electron chi connectivity index (χ3n) is 2.48. The quantitative estimate of drug-likeness (QED) is 0.796. The summed E-state index contributed by atoms with van der Waals surface area (Å²) in [6.07, 6.45) is 1.40. The molecule has 1 rings (SSSR count). The van der Waals surface area contributed by atoms with Crippen LogP contribution in [-0.4, -0.2) is 24.2 Å². The van der Waals surface area contributed by atoms with Crippen molar-refractivity contribution in [3.63, 3.8) is 0 Å². The third-order valence-corrected chi connectivity index (χ3v) is 2.48. The number of benzene rings is 1. The molecule has 0 fully saturated rings. The molecule has 1 amide bonds. The van der Waals surface area contributed by atoms with Gasteiger partial charge in [-0.15, -0.1) is 0 Å². The fourth-order valence-electron chi connectivity index (χ4n) is 1.50. The van der Waals surface area contributed by atoms with E-state index in [0.29, 0.717) is 18.5 Å². The van der Waals surface area contributed by atoms with Gasteiger partial charge in [-0.2, -0.15) is 0 Å². The number of hydrogen-bond donors (Lipinski definition) is 2. The van der Waals surface area contributed by atoms with Gasteiger partial charge in [0.2, 0.25) is 0 Å². The van der Waals surface area contributed by atoms with Crippen molar-refractivity contribution in [3.05, 3.63) is 34.9 Å². The maximum atomic E-state index is 11.7. The van der Waals surface area contributed by atoms with E-state index in [1.807, 2.05) is 26.0 Å². The van der Waals surface area contributed by atoms with E-state index in [9.17, 15) is 4.79 Å². The average molecular weight is 245 g/mol. The van der Waals surface area contributed by atoms with Crippen LogP contribution in [-0.2, 0) is 0 Å². The number of nitrogens with one attached hydrogen (secondary N) is 1. The predicted molar refractivity (Wildman–Crippen MR) is 72.4 cm³/mol. The minimum absolute atomic E-state index is 0.0465. The number of aryl methyl sites for hydroxylation is 1. The number of amides is 1. The molecule has 1 aromatic carbocycles. The lowest BCUT2D eigenvalue weighted by atomic mass is 10.0. The van der Waals surface area contributed by atoms with Crippen LogP contribution in [0.15, 0.2) is 18.2 Å². The van der Waals surface area contributed by atoms with E-state index in [0.717, 1.165) is 17.5 Å². The molecule has 0 aromatic heterocycles. The highest BCUT2D eigenvalue weighted by molar-refractivity contribution is 5.94. The van der Waals surface area contributed by atoms with Crippen LogP contribution in [0.4, 0.5) is 0 Å². The second-order valence-electron chi connectivity index (χ2n) is 4.06. The van der Waals surface area contributed by atoms with E-state index >= 15 is 0 Å². The summed E-state index contributed by atoms with van der Waals surface area (Å²) in [5.74, 6) is 5.81. The maximum Gasteiger partial charge on any atom is 0.251 e. The summed E-state index contributed by atoms with van der Waals surface area (Å²) in [4.78, 5) is 11.7. The Kier molecular flexibility index (Phi) is 5.96. The topological polar surface area (TPSA) is 49.3 Å². The molecule has 18 heavy (non-hydrogen) atoms. The first-order chi connectivity index (χ1) is 8.69. The molecule has 0 unspecified atom stereocenters. The van der Waals surface area contributed by atoms with E-state index in [1.165, 1.54) is 0 Å². The van der Waals surface area contributed by atoms with Crippen LogP contribution in [0.3, 0.4) is 0 Å². The van der Waals surface area contributed by atoms with Crippen molar-refractivity contribution in [2.24, 2.45) is 0 Å². The number of carbonyl (C=O) groups excluding carboxylic acids is 1. The van der Waals surface area contributed by atoms with Crippen LogP contribution in [0, 0.1) is 18.8 Å². The molecule has 0 radical (unpaired) electrons. The molecule has 0 atom stereocenters. The number of rotatable bonds is 4. The van der Waals surface area contributed by atoms with Gasteiger partial charge >= 0.3 is 0 Å². The van der Waals surface area contributed by atoms with Crippen LogP contribution in [0.1, 0.15) is 41.3 Å². The SMILES string of the molecule is CCCNC(=O)c1ccc(C#CCCO)c(C)c1. The Bertz CT molecular complexity index is 469. The van der Waals surface area contributed by atoms with Crippen LogP contribution < -0.4 is 5.32 Å². The van der Waals surface area contributed by atoms with E-state index < -0.39 is 0 Å². The highest BCUT2D eigenvalue weighted by Gasteiger charge is 2.05. The van der Waals surface area contributed by atoms with E-state index in [-0.39, 0.29) is 12.5 Å². The van der Waals surface area contributed by atoms with Gasteiger partial charge in [0.25, 0.3) is 5.91 Å². The molecule has 0 heterocycles. The Hall–Kier alpha value is -1.79. The number of aliphatic hydroxyl groups excluding tert-OH is 1. The highest BCUT2D eigenvalue weighted by atomic mass is 16.2. The fourth-order valence-corrected chi connectivity index (χ4v) is 1.50. The molecule has 0 aliphatic rings. The van der Waals surface area contributed by atoms with E-state index in [1.54, 1.807) is 6.07 Å². The molecule has 3 heteroatoms. The lowest BCUT2D eigenvalue weighted by Gasteiger charge is -2.05. The average Bonchev–Trinajstić information content (AvgIpc) is 2.38. The Morgan fingerprint density at radius 3 is 2.83 bits per heavy atom. The van der Waals surface area contributed by atoms with Gasteiger partial charge in [-0.05, 0) is 37.1 Å². The van der Waals surface area contributed by atoms with Gasteiger partial charge in [0.1, 0.15) is 0 Å². The number of aliphatic hydroxyl groups is 1. The first kappa shape index (κ1) is 14.3. The summed E-state index contributed by atoms with van der Waals surface area (Å²) < 4.78 is 0. The molecule has 96 valence electrons. The van der Waals surface area contributed by atoms with Gasteiger partial charge < -0.3 is 10.4 Å². The van der Waals surface area contributed by atoms with Crippen molar-refractivity contribution in [2.75, 3.05) is 13.2 Å². The second kappa shape index (κ2) is 7.52. The smallest absolute Gasteiger partial charge is 0.251 e. The minimum atomic E-state index is -0.0465. The summed E-state index contributed by atoms with van der Waals surface area (Å²) >= 11 is 0. The monoisotopic (exact) mass is 245 g/mol. The van der Waals surface area contributed by atoms with Crippen LogP contribution in [0.25, 0.3) is 0 Å². The van der Waals surface area contributed by atoms with Gasteiger partial charge in [0.15, 0.2) is 0 Å². The Morgan fingerprint density at radius 1 is 1.44 bits per heavy atom. The van der Waals surface area contributed by atoms with Gasteiger partial charge in [-0.25, -0.2) is 0 Å². The molecule has 0 saturated carbocycles. The van der Waals surface area contributed by atoms with Crippen molar-refractivity contribution in [2.45, 2.75) is 26.7 Å². The molecule has 0 spiro atoms. The van der Waals surface area contributed by atoms with E-state index in [2.05, 4.69) is 17.2 Å². The number of hydrogen-bond acceptors (Lipinski definition) is 2. The predicted octanol–water partition coefficient (Wildman–Crippen LogP) is 1.87. The van der Waals surface area contributed by atoms with Gasteiger partial charge in [-0.1, -0.05) is 18.8 Å². The van der Waals surface area contributed by atoms with Crippen molar-refractivity contribution in [1.29, 1.82) is 0 Å². The Morgan fingerprint density at radius 2 is 2.22 bits per heavy atom. The summed E-state index contributed by atoms with van der Waals surface area (Å²) in [5, 5.41) is 11.5. The second-order valence-corrected chi connectivity index (χ2v) is 4.06. The first-order valence-electron chi connectivity index (χ1n) is 6.17. The maximum absolute atomic E-state index is 11.7. The summed E-state index contributed by atoms with van der Waals surface area (Å²) in [6, 6.07) is 5.47. The zero-order chi connectivity index (χ0) is 13.4. The molecule has 2 N–H and O–H groups in total. The molecule has 1 aromatic rings. The normalized spacial score (nSPS) is 9.50. The van der Waals surface area contributed by atoms with Crippen LogP contribution in [0.2, 0.25) is 0 Å². The lowest BCUT2D eigenvalue weighted by Crippen LogP contribution is -2.24. The molecule has 0 aliphatic carbocycles. The summed E-state index contributed by atoms with van der Waals surface area (Å²) in [5.41, 5.74) is 2.54. The molecule has 0 bridgehead atoms. The molecule has 0 saturated heterocycles. The molecular formula is C15H19NO2. The summed E-state index contributed by atoms with van der Waals surface area (Å²) in [7, 11) is 0. The lowest BCUT2D eigenvalue weighted by molar-refractivity contribution is 0.0953. The molecule has 3 nitrogen and oxygen atoms in total. The molecular weight excluding hydrogens is 226 g/mol.